The summed E-state index contributed by atoms with van der Waals surface area (Å²) in [5, 5.41) is 7.44. The number of nitrogens with zero attached hydrogens (tertiary/aromatic N) is 2. The van der Waals surface area contributed by atoms with E-state index in [1.54, 1.807) is 0 Å². The fraction of sp³-hybridized carbons (Fsp3) is 0.0137. The predicted molar refractivity (Wildman–Crippen MR) is 315 cm³/mol. The lowest BCUT2D eigenvalue weighted by atomic mass is 9.68. The van der Waals surface area contributed by atoms with Crippen LogP contribution in [0.2, 0.25) is 0 Å². The van der Waals surface area contributed by atoms with Gasteiger partial charge in [0.1, 0.15) is 0 Å². The summed E-state index contributed by atoms with van der Waals surface area (Å²) in [6, 6.07) is 108. The van der Waals surface area contributed by atoms with Crippen LogP contribution in [-0.2, 0) is 5.41 Å². The Morgan fingerprint density at radius 1 is 0.240 bits per heavy atom. The van der Waals surface area contributed by atoms with Gasteiger partial charge in [-0.05, 0) is 149 Å². The summed E-state index contributed by atoms with van der Waals surface area (Å²) in [6.45, 7) is 0. The van der Waals surface area contributed by atoms with Crippen LogP contribution in [0.25, 0.3) is 76.8 Å². The van der Waals surface area contributed by atoms with Crippen LogP contribution < -0.4 is 9.80 Å². The number of fused-ring (bicyclic) bond motifs is 16. The van der Waals surface area contributed by atoms with Crippen molar-refractivity contribution in [3.63, 3.8) is 0 Å². The van der Waals surface area contributed by atoms with Crippen LogP contribution >= 0.6 is 0 Å². The first-order valence-corrected chi connectivity index (χ1v) is 26.0. The Bertz CT molecular complexity index is 4140. The number of anilines is 6. The molecule has 350 valence electrons. The van der Waals surface area contributed by atoms with Gasteiger partial charge in [0.25, 0.3) is 0 Å². The summed E-state index contributed by atoms with van der Waals surface area (Å²) >= 11 is 0. The smallest absolute Gasteiger partial charge is 0.0737 e. The van der Waals surface area contributed by atoms with Gasteiger partial charge in [0.15, 0.2) is 0 Å². The third-order valence-corrected chi connectivity index (χ3v) is 16.0. The average molecular weight is 953 g/mol. The molecule has 2 heteroatoms. The number of para-hydroxylation sites is 4. The van der Waals surface area contributed by atoms with Gasteiger partial charge >= 0.3 is 0 Å². The first-order chi connectivity index (χ1) is 37.2. The maximum atomic E-state index is 2.45. The predicted octanol–water partition coefficient (Wildman–Crippen LogP) is 19.8. The van der Waals surface area contributed by atoms with Crippen LogP contribution in [0.1, 0.15) is 22.3 Å². The summed E-state index contributed by atoms with van der Waals surface area (Å²) < 4.78 is 0. The number of hydrogen-bond acceptors (Lipinski definition) is 2. The van der Waals surface area contributed by atoms with E-state index in [1.807, 2.05) is 0 Å². The van der Waals surface area contributed by atoms with Crippen molar-refractivity contribution in [2.24, 2.45) is 0 Å². The first kappa shape index (κ1) is 42.9. The van der Waals surface area contributed by atoms with Gasteiger partial charge in [-0.3, -0.25) is 0 Å². The van der Waals surface area contributed by atoms with Gasteiger partial charge < -0.3 is 9.80 Å². The van der Waals surface area contributed by atoms with Gasteiger partial charge in [0.05, 0.1) is 16.8 Å². The quantitative estimate of drug-likeness (QED) is 0.150. The molecular formula is C73H48N2. The van der Waals surface area contributed by atoms with E-state index >= 15 is 0 Å². The van der Waals surface area contributed by atoms with Crippen molar-refractivity contribution < 1.29 is 0 Å². The standard InChI is InChI=1S/C73H48N2/c1-5-21-49(22-6-1)58-30-16-19-35-68(58)74(54-26-9-3-10-27-54)56-40-44-61-52(47-56)37-42-63-64-43-38-53-48-57(75(55-28-11-4-12-29-55)69-36-20-17-31-59(69)50-23-7-2-8-24-50)41-45-62(53)72(64)73(71(61)63)66-34-18-15-33-65(66)70-60-32-14-13-25-51(60)39-46-67(70)73/h1-48H. The minimum Gasteiger partial charge on any atom is -0.310 e. The molecule has 0 fully saturated rings. The Hall–Kier alpha value is -9.76. The molecule has 0 bridgehead atoms. The lowest BCUT2D eigenvalue weighted by molar-refractivity contribution is 0.810. The highest BCUT2D eigenvalue weighted by molar-refractivity contribution is 6.13. The molecule has 0 N–H and O–H groups in total. The highest BCUT2D eigenvalue weighted by Crippen LogP contribution is 2.66. The number of hydrogen-bond donors (Lipinski definition) is 0. The first-order valence-electron chi connectivity index (χ1n) is 26.0. The Balaban J connectivity index is 0.985. The summed E-state index contributed by atoms with van der Waals surface area (Å²) in [6.07, 6.45) is 0. The second-order valence-electron chi connectivity index (χ2n) is 19.9. The number of benzene rings is 13. The van der Waals surface area contributed by atoms with E-state index in [2.05, 4.69) is 301 Å². The molecule has 0 amide bonds. The Labute approximate surface area is 437 Å². The Morgan fingerprint density at radius 3 is 1.20 bits per heavy atom. The van der Waals surface area contributed by atoms with Gasteiger partial charge in [-0.15, -0.1) is 0 Å². The molecule has 0 radical (unpaired) electrons. The van der Waals surface area contributed by atoms with Gasteiger partial charge in [-0.1, -0.05) is 231 Å². The SMILES string of the molecule is c1ccc(-c2ccccc2N(c2ccccc2)c2ccc3c4c(ccc3c2)-c2ccc3cc(N(c5ccccc5)c5ccccc5-c5ccccc5)ccc3c2C42c3ccccc3-c3c2ccc2ccccc32)cc1. The fourth-order valence-electron chi connectivity index (χ4n) is 13.0. The monoisotopic (exact) mass is 952 g/mol. The molecule has 0 atom stereocenters. The van der Waals surface area contributed by atoms with Crippen molar-refractivity contribution in [1.29, 1.82) is 0 Å². The molecule has 0 aliphatic heterocycles. The average Bonchev–Trinajstić information content (AvgIpc) is 3.99. The number of rotatable bonds is 8. The fourth-order valence-corrected chi connectivity index (χ4v) is 13.0. The highest BCUT2D eigenvalue weighted by Gasteiger charge is 2.53. The minimum atomic E-state index is -0.624. The third-order valence-electron chi connectivity index (χ3n) is 16.0. The molecule has 0 unspecified atom stereocenters. The van der Waals surface area contributed by atoms with Gasteiger partial charge in [0.2, 0.25) is 0 Å². The van der Waals surface area contributed by atoms with E-state index in [-0.39, 0.29) is 0 Å². The van der Waals surface area contributed by atoms with E-state index in [0.29, 0.717) is 0 Å². The van der Waals surface area contributed by atoms with Crippen molar-refractivity contribution >= 4 is 66.4 Å². The lowest BCUT2D eigenvalue weighted by Gasteiger charge is -2.33. The largest absolute Gasteiger partial charge is 0.310 e. The maximum absolute atomic E-state index is 2.45. The van der Waals surface area contributed by atoms with E-state index < -0.39 is 5.41 Å². The normalized spacial score (nSPS) is 12.6. The second-order valence-corrected chi connectivity index (χ2v) is 19.9. The third kappa shape index (κ3) is 6.53. The Morgan fingerprint density at radius 2 is 0.667 bits per heavy atom. The van der Waals surface area contributed by atoms with E-state index in [0.717, 1.165) is 34.1 Å². The molecule has 13 aromatic rings. The molecule has 0 saturated heterocycles. The van der Waals surface area contributed by atoms with Gasteiger partial charge in [-0.2, -0.15) is 0 Å². The van der Waals surface area contributed by atoms with E-state index in [4.69, 9.17) is 0 Å². The molecule has 15 rings (SSSR count). The molecular weight excluding hydrogens is 905 g/mol. The van der Waals surface area contributed by atoms with E-state index in [1.165, 1.54) is 99.1 Å². The van der Waals surface area contributed by atoms with Gasteiger partial charge in [0, 0.05) is 33.9 Å². The lowest BCUT2D eigenvalue weighted by Crippen LogP contribution is -2.26. The minimum absolute atomic E-state index is 0.624. The summed E-state index contributed by atoms with van der Waals surface area (Å²) in [4.78, 5) is 4.85. The molecule has 2 aliphatic rings. The van der Waals surface area contributed by atoms with Crippen molar-refractivity contribution in [1.82, 2.24) is 0 Å². The zero-order chi connectivity index (χ0) is 49.5. The van der Waals surface area contributed by atoms with Crippen molar-refractivity contribution in [2.45, 2.75) is 5.41 Å². The maximum Gasteiger partial charge on any atom is 0.0737 e. The van der Waals surface area contributed by atoms with Crippen molar-refractivity contribution in [3.8, 4) is 44.5 Å². The molecule has 75 heavy (non-hydrogen) atoms. The topological polar surface area (TPSA) is 6.48 Å². The van der Waals surface area contributed by atoms with Crippen LogP contribution in [0.5, 0.6) is 0 Å². The molecule has 1 spiro atoms. The van der Waals surface area contributed by atoms with Crippen molar-refractivity contribution in [3.05, 3.63) is 313 Å². The summed E-state index contributed by atoms with van der Waals surface area (Å²) in [5.41, 5.74) is 21.3. The molecule has 2 nitrogen and oxygen atoms in total. The van der Waals surface area contributed by atoms with Crippen LogP contribution in [0.4, 0.5) is 34.1 Å². The molecule has 13 aromatic carbocycles. The van der Waals surface area contributed by atoms with Crippen LogP contribution in [0, 0.1) is 0 Å². The van der Waals surface area contributed by atoms with Crippen LogP contribution in [-0.4, -0.2) is 0 Å². The zero-order valence-electron chi connectivity index (χ0n) is 41.1. The molecule has 0 saturated carbocycles. The highest BCUT2D eigenvalue weighted by atomic mass is 15.1. The molecule has 0 aromatic heterocycles. The summed E-state index contributed by atoms with van der Waals surface area (Å²) in [5.74, 6) is 0. The zero-order valence-corrected chi connectivity index (χ0v) is 41.1. The molecule has 0 heterocycles. The van der Waals surface area contributed by atoms with E-state index in [9.17, 15) is 0 Å². The van der Waals surface area contributed by atoms with Crippen LogP contribution in [0.15, 0.2) is 291 Å². The van der Waals surface area contributed by atoms with Crippen molar-refractivity contribution in [2.75, 3.05) is 9.80 Å². The van der Waals surface area contributed by atoms with Crippen LogP contribution in [0.3, 0.4) is 0 Å². The summed E-state index contributed by atoms with van der Waals surface area (Å²) in [7, 11) is 0. The van der Waals surface area contributed by atoms with Gasteiger partial charge in [-0.25, -0.2) is 0 Å². The molecule has 2 aliphatic carbocycles. The Kier molecular flexibility index (Phi) is 9.83. The second kappa shape index (κ2) is 17.2.